The molecule has 0 atom stereocenters. The van der Waals surface area contributed by atoms with E-state index in [4.69, 9.17) is 9.47 Å². The highest BCUT2D eigenvalue weighted by atomic mass is 19.4. The molecule has 1 aromatic rings. The quantitative estimate of drug-likeness (QED) is 0.693. The van der Waals surface area contributed by atoms with Crippen LogP contribution >= 0.6 is 0 Å². The molecule has 1 rings (SSSR count). The molecule has 18 heavy (non-hydrogen) atoms. The molecule has 0 spiro atoms. The van der Waals surface area contributed by atoms with Crippen molar-refractivity contribution in [1.82, 2.24) is 0 Å². The van der Waals surface area contributed by atoms with Crippen LogP contribution in [0.4, 0.5) is 12.9 Å². The van der Waals surface area contributed by atoms with Crippen molar-refractivity contribution < 1.29 is 22.4 Å². The normalized spacial score (nSPS) is 11.1. The van der Waals surface area contributed by atoms with Gasteiger partial charge in [0.1, 0.15) is 11.5 Å². The first-order valence-electron chi connectivity index (χ1n) is 5.66. The zero-order chi connectivity index (χ0) is 13.6. The van der Waals surface area contributed by atoms with E-state index in [-0.39, 0.29) is 0 Å². The van der Waals surface area contributed by atoms with Gasteiger partial charge in [0.25, 0.3) is 0 Å². The van der Waals surface area contributed by atoms with E-state index in [1.807, 2.05) is 6.92 Å². The summed E-state index contributed by atoms with van der Waals surface area (Å²) in [6.45, 7) is -0.0291. The summed E-state index contributed by atoms with van der Waals surface area (Å²) in [4.78, 5) is 0. The minimum absolute atomic E-state index is 0.361. The van der Waals surface area contributed by atoms with E-state index in [1.54, 1.807) is 24.3 Å². The van der Waals surface area contributed by atoms with Crippen molar-refractivity contribution in [1.29, 1.82) is 0 Å². The Bertz CT molecular complexity index is 387. The van der Waals surface area contributed by atoms with Crippen molar-refractivity contribution in [3.63, 3.8) is 0 Å². The summed E-state index contributed by atoms with van der Waals surface area (Å²) < 4.78 is 47.0. The lowest BCUT2D eigenvalue weighted by Gasteiger charge is -2.18. The molecule has 0 radical (unpaired) electrons. The predicted octanol–water partition coefficient (Wildman–Crippen LogP) is 3.80. The van der Waals surface area contributed by atoms with Crippen molar-refractivity contribution in [2.24, 2.45) is 0 Å². The third-order valence-corrected chi connectivity index (χ3v) is 2.18. The molecule has 0 saturated heterocycles. The van der Waals surface area contributed by atoms with Gasteiger partial charge in [0.05, 0.1) is 13.2 Å². The van der Waals surface area contributed by atoms with Gasteiger partial charge in [0.2, 0.25) is 0 Å². The summed E-state index contributed by atoms with van der Waals surface area (Å²) >= 11 is 0. The minimum Gasteiger partial charge on any atom is -0.494 e. The minimum atomic E-state index is -5.03. The lowest BCUT2D eigenvalue weighted by Crippen LogP contribution is -2.23. The van der Waals surface area contributed by atoms with Crippen LogP contribution in [0, 0.1) is 0 Å². The highest BCUT2D eigenvalue weighted by Gasteiger charge is 2.26. The summed E-state index contributed by atoms with van der Waals surface area (Å²) in [6, 6.07) is 6.46. The summed E-state index contributed by atoms with van der Waals surface area (Å²) in [7, 11) is 0. The third-order valence-electron chi connectivity index (χ3n) is 2.18. The van der Waals surface area contributed by atoms with Crippen LogP contribution in [0.15, 0.2) is 36.3 Å². The number of halogens is 3. The number of hydrogen-bond acceptors (Lipinski definition) is 2. The fourth-order valence-electron chi connectivity index (χ4n) is 1.12. The molecule has 1 aromatic carbocycles. The summed E-state index contributed by atoms with van der Waals surface area (Å²) in [5, 5.41) is 0. The largest absolute Gasteiger partial charge is 0.508 e. The molecule has 6 heteroatoms. The maximum Gasteiger partial charge on any atom is 0.508 e. The smallest absolute Gasteiger partial charge is 0.494 e. The molecule has 0 unspecified atom stereocenters. The molecule has 0 aliphatic carbocycles. The van der Waals surface area contributed by atoms with Crippen molar-refractivity contribution in [2.45, 2.75) is 13.3 Å². The topological polar surface area (TPSA) is 18.5 Å². The summed E-state index contributed by atoms with van der Waals surface area (Å²) in [5.74, 6) is 1.03. The van der Waals surface area contributed by atoms with Crippen molar-refractivity contribution >= 4 is 6.98 Å². The Morgan fingerprint density at radius 3 is 2.06 bits per heavy atom. The Morgan fingerprint density at radius 1 is 1.11 bits per heavy atom. The van der Waals surface area contributed by atoms with Crippen LogP contribution in [-0.4, -0.2) is 20.2 Å². The van der Waals surface area contributed by atoms with E-state index in [2.05, 4.69) is 6.58 Å². The Balaban J connectivity index is 2.46. The molecule has 0 aliphatic rings. The van der Waals surface area contributed by atoms with Crippen LogP contribution in [0.25, 0.3) is 0 Å². The zero-order valence-electron chi connectivity index (χ0n) is 10.2. The number of hydrogen-bond donors (Lipinski definition) is 0. The Labute approximate surface area is 104 Å². The van der Waals surface area contributed by atoms with Gasteiger partial charge in [-0.05, 0) is 30.7 Å². The zero-order valence-corrected chi connectivity index (χ0v) is 10.2. The van der Waals surface area contributed by atoms with Crippen molar-refractivity contribution in [3.05, 3.63) is 36.3 Å². The van der Waals surface area contributed by atoms with Gasteiger partial charge in [-0.25, -0.2) is 0 Å². The van der Waals surface area contributed by atoms with E-state index in [0.717, 1.165) is 6.42 Å². The molecule has 0 fully saturated rings. The van der Waals surface area contributed by atoms with Crippen LogP contribution in [0.1, 0.15) is 13.3 Å². The van der Waals surface area contributed by atoms with Crippen LogP contribution in [0.3, 0.4) is 0 Å². The number of ether oxygens (including phenoxy) is 2. The van der Waals surface area contributed by atoms with Gasteiger partial charge in [-0.15, -0.1) is 12.1 Å². The average molecular weight is 259 g/mol. The predicted molar refractivity (Wildman–Crippen MR) is 65.9 cm³/mol. The van der Waals surface area contributed by atoms with E-state index in [9.17, 15) is 12.9 Å². The Morgan fingerprint density at radius 2 is 1.61 bits per heavy atom. The van der Waals surface area contributed by atoms with E-state index in [0.29, 0.717) is 18.1 Å². The fraction of sp³-hybridized carbons (Fsp3) is 0.333. The third kappa shape index (κ3) is 4.73. The molecule has 0 saturated carbocycles. The van der Waals surface area contributed by atoms with Gasteiger partial charge in [0, 0.05) is 0 Å². The molecule has 0 amide bonds. The number of benzene rings is 1. The fourth-order valence-corrected chi connectivity index (χ4v) is 1.12. The van der Waals surface area contributed by atoms with Crippen molar-refractivity contribution in [3.8, 4) is 11.5 Å². The maximum atomic E-state index is 12.2. The van der Waals surface area contributed by atoms with Gasteiger partial charge < -0.3 is 22.4 Å². The standard InChI is InChI=1S/C12H15BF3O2/c1-3-8-17-11-4-6-12(7-5-11)18-9-10(2)13(14,15)16/h4-7H,2-3,8-9H2,1H3/q-1. The molecule has 0 N–H and O–H groups in total. The van der Waals surface area contributed by atoms with Crippen LogP contribution in [-0.2, 0) is 0 Å². The monoisotopic (exact) mass is 259 g/mol. The molecule has 0 aliphatic heterocycles. The van der Waals surface area contributed by atoms with E-state index in [1.165, 1.54) is 0 Å². The second-order valence-electron chi connectivity index (χ2n) is 3.84. The highest BCUT2D eigenvalue weighted by Crippen LogP contribution is 2.21. The second-order valence-corrected chi connectivity index (χ2v) is 3.84. The maximum absolute atomic E-state index is 12.2. The van der Waals surface area contributed by atoms with E-state index >= 15 is 0 Å². The first-order chi connectivity index (χ1) is 8.43. The molecule has 0 aromatic heterocycles. The van der Waals surface area contributed by atoms with Crippen LogP contribution < -0.4 is 9.47 Å². The van der Waals surface area contributed by atoms with Gasteiger partial charge in [0.15, 0.2) is 0 Å². The molecular formula is C12H15BF3O2-. The van der Waals surface area contributed by atoms with Crippen LogP contribution in [0.2, 0.25) is 0 Å². The summed E-state index contributed by atoms with van der Waals surface area (Å²) in [5.41, 5.74) is -0.846. The van der Waals surface area contributed by atoms with Gasteiger partial charge in [-0.1, -0.05) is 6.92 Å². The lowest BCUT2D eigenvalue weighted by molar-refractivity contribution is 0.315. The number of rotatable bonds is 7. The molecule has 0 heterocycles. The molecule has 0 bridgehead atoms. The first kappa shape index (κ1) is 14.5. The van der Waals surface area contributed by atoms with Crippen molar-refractivity contribution in [2.75, 3.05) is 13.2 Å². The highest BCUT2D eigenvalue weighted by molar-refractivity contribution is 6.66. The molecule has 2 nitrogen and oxygen atoms in total. The van der Waals surface area contributed by atoms with Gasteiger partial charge in [-0.3, -0.25) is 0 Å². The first-order valence-corrected chi connectivity index (χ1v) is 5.66. The molecule has 100 valence electrons. The van der Waals surface area contributed by atoms with E-state index < -0.39 is 19.1 Å². The Hall–Kier alpha value is -1.59. The molecular weight excluding hydrogens is 244 g/mol. The van der Waals surface area contributed by atoms with Crippen LogP contribution in [0.5, 0.6) is 11.5 Å². The van der Waals surface area contributed by atoms with Gasteiger partial charge in [-0.2, -0.15) is 0 Å². The SMILES string of the molecule is C=C(COc1ccc(OCCC)cc1)[B-](F)(F)F. The second kappa shape index (κ2) is 6.38. The average Bonchev–Trinajstić information content (AvgIpc) is 2.33. The summed E-state index contributed by atoms with van der Waals surface area (Å²) in [6.07, 6.45) is 0.895. The lowest BCUT2D eigenvalue weighted by atomic mass is 9.81. The van der Waals surface area contributed by atoms with Gasteiger partial charge >= 0.3 is 6.98 Å². The Kier molecular flexibility index (Phi) is 5.13.